The van der Waals surface area contributed by atoms with Crippen molar-refractivity contribution in [3.8, 4) is 0 Å². The van der Waals surface area contributed by atoms with E-state index in [2.05, 4.69) is 51.7 Å². The molecule has 0 saturated carbocycles. The molecule has 0 bridgehead atoms. The lowest BCUT2D eigenvalue weighted by Crippen LogP contribution is -2.40. The van der Waals surface area contributed by atoms with E-state index in [0.29, 0.717) is 6.10 Å². The average Bonchev–Trinajstić information content (AvgIpc) is 3.18. The molecule has 27 heavy (non-hydrogen) atoms. The molecule has 1 aromatic carbocycles. The molecule has 1 unspecified atom stereocenters. The fourth-order valence-electron chi connectivity index (χ4n) is 3.76. The van der Waals surface area contributed by atoms with Crippen LogP contribution in [0, 0.1) is 5.92 Å². The minimum absolute atomic E-state index is 0. The van der Waals surface area contributed by atoms with Crippen LogP contribution in [0.25, 0.3) is 0 Å². The highest BCUT2D eigenvalue weighted by molar-refractivity contribution is 14.0. The number of guanidine groups is 1. The summed E-state index contributed by atoms with van der Waals surface area (Å²) in [5.74, 6) is 1.73. The first-order chi connectivity index (χ1) is 12.7. The first kappa shape index (κ1) is 22.4. The predicted molar refractivity (Wildman–Crippen MR) is 123 cm³/mol. The van der Waals surface area contributed by atoms with Crippen molar-refractivity contribution >= 4 is 29.9 Å². The van der Waals surface area contributed by atoms with Gasteiger partial charge in [0, 0.05) is 33.3 Å². The van der Waals surface area contributed by atoms with Gasteiger partial charge < -0.3 is 15.4 Å². The van der Waals surface area contributed by atoms with Crippen LogP contribution in [0.5, 0.6) is 0 Å². The highest BCUT2D eigenvalue weighted by Crippen LogP contribution is 2.19. The third kappa shape index (κ3) is 7.23. The Morgan fingerprint density at radius 1 is 1.15 bits per heavy atom. The highest BCUT2D eigenvalue weighted by Gasteiger charge is 2.17. The summed E-state index contributed by atoms with van der Waals surface area (Å²) >= 11 is 0. The second-order valence-electron chi connectivity index (χ2n) is 7.67. The lowest BCUT2D eigenvalue weighted by Gasteiger charge is -2.30. The van der Waals surface area contributed by atoms with Crippen molar-refractivity contribution in [3.63, 3.8) is 0 Å². The summed E-state index contributed by atoms with van der Waals surface area (Å²) in [7, 11) is 1.83. The van der Waals surface area contributed by atoms with Crippen molar-refractivity contribution in [2.75, 3.05) is 33.3 Å². The van der Waals surface area contributed by atoms with Gasteiger partial charge in [-0.05, 0) is 55.8 Å². The predicted octanol–water partition coefficient (Wildman–Crippen LogP) is 3.38. The highest BCUT2D eigenvalue weighted by atomic mass is 127. The Labute approximate surface area is 181 Å². The Morgan fingerprint density at radius 2 is 1.89 bits per heavy atom. The fourth-order valence-corrected chi connectivity index (χ4v) is 3.76. The van der Waals surface area contributed by atoms with Crippen LogP contribution in [0.4, 0.5) is 0 Å². The molecule has 6 heteroatoms. The van der Waals surface area contributed by atoms with Gasteiger partial charge in [0.15, 0.2) is 5.96 Å². The topological polar surface area (TPSA) is 48.9 Å². The Balaban J connectivity index is 0.00000261. The smallest absolute Gasteiger partial charge is 0.191 e. The van der Waals surface area contributed by atoms with Crippen molar-refractivity contribution in [1.29, 1.82) is 0 Å². The Hall–Kier alpha value is -0.860. The molecule has 0 aromatic heterocycles. The molecule has 0 spiro atoms. The number of halogens is 1. The SMILES string of the molecule is CN=C(NCc1ccccc1CN1CCC(C)CC1)NCC1CCCO1.I. The Kier molecular flexibility index (Phi) is 9.86. The Bertz CT molecular complexity index is 581. The molecule has 2 aliphatic rings. The van der Waals surface area contributed by atoms with Crippen molar-refractivity contribution in [2.45, 2.75) is 51.8 Å². The van der Waals surface area contributed by atoms with E-state index in [0.717, 1.165) is 44.5 Å². The lowest BCUT2D eigenvalue weighted by molar-refractivity contribution is 0.114. The van der Waals surface area contributed by atoms with E-state index in [4.69, 9.17) is 4.74 Å². The van der Waals surface area contributed by atoms with Gasteiger partial charge in [-0.25, -0.2) is 0 Å². The molecule has 1 atom stereocenters. The number of likely N-dealkylation sites (tertiary alicyclic amines) is 1. The van der Waals surface area contributed by atoms with Crippen molar-refractivity contribution in [3.05, 3.63) is 35.4 Å². The summed E-state index contributed by atoms with van der Waals surface area (Å²) in [5.41, 5.74) is 2.77. The molecule has 0 aliphatic carbocycles. The number of nitrogens with zero attached hydrogens (tertiary/aromatic N) is 2. The number of hydrogen-bond acceptors (Lipinski definition) is 3. The summed E-state index contributed by atoms with van der Waals surface area (Å²) in [5, 5.41) is 6.85. The minimum Gasteiger partial charge on any atom is -0.376 e. The normalized spacial score (nSPS) is 21.7. The first-order valence-electron chi connectivity index (χ1n) is 10.1. The molecule has 3 rings (SSSR count). The van der Waals surface area contributed by atoms with Crippen molar-refractivity contribution < 1.29 is 4.74 Å². The molecule has 2 saturated heterocycles. The maximum Gasteiger partial charge on any atom is 0.191 e. The monoisotopic (exact) mass is 486 g/mol. The third-order valence-corrected chi connectivity index (χ3v) is 5.58. The molecule has 2 aliphatic heterocycles. The van der Waals surface area contributed by atoms with Crippen LogP contribution in [-0.2, 0) is 17.8 Å². The molecule has 0 radical (unpaired) electrons. The zero-order chi connectivity index (χ0) is 18.2. The number of hydrogen-bond donors (Lipinski definition) is 2. The zero-order valence-corrected chi connectivity index (χ0v) is 19.1. The number of aliphatic imine (C=N–C) groups is 1. The standard InChI is InChI=1S/C21H34N4O.HI/c1-17-9-11-25(12-10-17)16-19-7-4-3-6-18(19)14-23-21(22-2)24-15-20-8-5-13-26-20;/h3-4,6-7,17,20H,5,8-16H2,1-2H3,(H2,22,23,24);1H. The molecule has 1 aromatic rings. The van der Waals surface area contributed by atoms with Crippen LogP contribution >= 0.6 is 24.0 Å². The molecular weight excluding hydrogens is 451 g/mol. The molecule has 2 fully saturated rings. The maximum atomic E-state index is 5.67. The van der Waals surface area contributed by atoms with Crippen LogP contribution in [0.1, 0.15) is 43.7 Å². The van der Waals surface area contributed by atoms with E-state index in [9.17, 15) is 0 Å². The van der Waals surface area contributed by atoms with Gasteiger partial charge in [0.2, 0.25) is 0 Å². The third-order valence-electron chi connectivity index (χ3n) is 5.58. The number of ether oxygens (including phenoxy) is 1. The second kappa shape index (κ2) is 11.9. The van der Waals surface area contributed by atoms with E-state index in [1.54, 1.807) is 0 Å². The van der Waals surface area contributed by atoms with E-state index >= 15 is 0 Å². The van der Waals surface area contributed by atoms with Gasteiger partial charge in [-0.1, -0.05) is 31.2 Å². The molecule has 0 amide bonds. The molecule has 5 nitrogen and oxygen atoms in total. The van der Waals surface area contributed by atoms with E-state index in [1.807, 2.05) is 7.05 Å². The van der Waals surface area contributed by atoms with Crippen molar-refractivity contribution in [2.24, 2.45) is 10.9 Å². The van der Waals surface area contributed by atoms with Gasteiger partial charge in [0.1, 0.15) is 0 Å². The van der Waals surface area contributed by atoms with Gasteiger partial charge in [-0.3, -0.25) is 9.89 Å². The van der Waals surface area contributed by atoms with Gasteiger partial charge in [0.05, 0.1) is 6.10 Å². The summed E-state index contributed by atoms with van der Waals surface area (Å²) in [6.45, 7) is 8.36. The van der Waals surface area contributed by atoms with Gasteiger partial charge in [-0.15, -0.1) is 24.0 Å². The van der Waals surface area contributed by atoms with Gasteiger partial charge in [-0.2, -0.15) is 0 Å². The fraction of sp³-hybridized carbons (Fsp3) is 0.667. The number of rotatable bonds is 6. The summed E-state index contributed by atoms with van der Waals surface area (Å²) in [6.07, 6.45) is 5.27. The maximum absolute atomic E-state index is 5.67. The van der Waals surface area contributed by atoms with Gasteiger partial charge >= 0.3 is 0 Å². The summed E-state index contributed by atoms with van der Waals surface area (Å²) in [4.78, 5) is 6.93. The zero-order valence-electron chi connectivity index (χ0n) is 16.7. The number of benzene rings is 1. The van der Waals surface area contributed by atoms with Crippen LogP contribution in [-0.4, -0.2) is 50.3 Å². The molecule has 152 valence electrons. The first-order valence-corrected chi connectivity index (χ1v) is 10.1. The van der Waals surface area contributed by atoms with Crippen molar-refractivity contribution in [1.82, 2.24) is 15.5 Å². The van der Waals surface area contributed by atoms with E-state index < -0.39 is 0 Å². The van der Waals surface area contributed by atoms with Gasteiger partial charge in [0.25, 0.3) is 0 Å². The molecule has 2 N–H and O–H groups in total. The molecule has 2 heterocycles. The van der Waals surface area contributed by atoms with E-state index in [1.165, 1.54) is 43.5 Å². The van der Waals surface area contributed by atoms with E-state index in [-0.39, 0.29) is 24.0 Å². The minimum atomic E-state index is 0. The number of piperidine rings is 1. The summed E-state index contributed by atoms with van der Waals surface area (Å²) in [6, 6.07) is 8.76. The quantitative estimate of drug-likeness (QED) is 0.368. The summed E-state index contributed by atoms with van der Waals surface area (Å²) < 4.78 is 5.67. The van der Waals surface area contributed by atoms with Crippen LogP contribution in [0.15, 0.2) is 29.3 Å². The Morgan fingerprint density at radius 3 is 2.56 bits per heavy atom. The lowest BCUT2D eigenvalue weighted by atomic mass is 9.98. The largest absolute Gasteiger partial charge is 0.376 e. The average molecular weight is 486 g/mol. The van der Waals surface area contributed by atoms with Crippen LogP contribution in [0.3, 0.4) is 0 Å². The van der Waals surface area contributed by atoms with Crippen LogP contribution in [0.2, 0.25) is 0 Å². The molecular formula is C21H35IN4O. The number of nitrogens with one attached hydrogen (secondary N) is 2. The van der Waals surface area contributed by atoms with Crippen LogP contribution < -0.4 is 10.6 Å². The second-order valence-corrected chi connectivity index (χ2v) is 7.67.